The van der Waals surface area contributed by atoms with Crippen molar-refractivity contribution in [3.05, 3.63) is 29.8 Å². The number of hydrogen-bond donors (Lipinski definition) is 5. The third-order valence-corrected chi connectivity index (χ3v) is 6.30. The Morgan fingerprint density at radius 2 is 1.63 bits per heavy atom. The van der Waals surface area contributed by atoms with Crippen LogP contribution in [0.1, 0.15) is 39.2 Å². The fourth-order valence-corrected chi connectivity index (χ4v) is 4.26. The van der Waals surface area contributed by atoms with Crippen molar-refractivity contribution in [1.29, 1.82) is 0 Å². The average Bonchev–Trinajstić information content (AvgIpc) is 3.30. The van der Waals surface area contributed by atoms with Crippen molar-refractivity contribution in [3.8, 4) is 5.75 Å². The van der Waals surface area contributed by atoms with Crippen molar-refractivity contribution in [2.45, 2.75) is 64.2 Å². The molecule has 11 nitrogen and oxygen atoms in total. The van der Waals surface area contributed by atoms with E-state index in [1.165, 1.54) is 24.0 Å². The van der Waals surface area contributed by atoms with E-state index in [2.05, 4.69) is 21.3 Å². The van der Waals surface area contributed by atoms with Gasteiger partial charge in [0.15, 0.2) is 0 Å². The largest absolute Gasteiger partial charge is 0.508 e. The minimum absolute atomic E-state index is 0.0627. The van der Waals surface area contributed by atoms with Crippen molar-refractivity contribution in [3.63, 3.8) is 0 Å². The van der Waals surface area contributed by atoms with Crippen LogP contribution in [-0.2, 0) is 30.4 Å². The highest BCUT2D eigenvalue weighted by molar-refractivity contribution is 5.97. The van der Waals surface area contributed by atoms with Gasteiger partial charge in [-0.1, -0.05) is 26.0 Å². The molecule has 1 aromatic carbocycles. The van der Waals surface area contributed by atoms with Crippen LogP contribution in [0.25, 0.3) is 0 Å². The molecular formula is C24H33N5O6. The third kappa shape index (κ3) is 6.49. The van der Waals surface area contributed by atoms with Crippen LogP contribution in [0.4, 0.5) is 0 Å². The number of nitrogens with zero attached hydrogens (tertiary/aromatic N) is 1. The van der Waals surface area contributed by atoms with Gasteiger partial charge in [0.25, 0.3) is 0 Å². The SMILES string of the molecule is CC(C)[C@@H]1NC(=O)[C@@H]2CCCN2C(=O)CNC(=O)[C@H](C)NC(=O)[C@H](Cc2ccc(O)cc2)NC1=O. The quantitative estimate of drug-likeness (QED) is 0.375. The van der Waals surface area contributed by atoms with E-state index in [1.807, 2.05) is 0 Å². The Bertz CT molecular complexity index is 979. The van der Waals surface area contributed by atoms with Gasteiger partial charge in [-0.25, -0.2) is 0 Å². The number of phenolic OH excluding ortho intramolecular Hbond substituents is 1. The van der Waals surface area contributed by atoms with Crippen molar-refractivity contribution >= 4 is 29.5 Å². The number of amides is 5. The average molecular weight is 488 g/mol. The molecule has 1 aromatic rings. The molecule has 2 fully saturated rings. The van der Waals surface area contributed by atoms with Gasteiger partial charge in [0.1, 0.15) is 29.9 Å². The van der Waals surface area contributed by atoms with E-state index in [0.29, 0.717) is 24.9 Å². The standard InChI is InChI=1S/C24H33N5O6/c1-13(2)20-24(35)27-17(11-15-6-8-16(30)9-7-15)22(33)26-14(3)21(32)25-12-19(31)29-10-4-5-18(29)23(34)28-20/h6-9,13-14,17-18,20,30H,4-5,10-12H2,1-3H3,(H,25,32)(H,26,33)(H,27,35)(H,28,34)/t14-,17-,18-,20-/m0/s1. The highest BCUT2D eigenvalue weighted by Crippen LogP contribution is 2.18. The summed E-state index contributed by atoms with van der Waals surface area (Å²) in [6.07, 6.45) is 1.19. The topological polar surface area (TPSA) is 157 Å². The summed E-state index contributed by atoms with van der Waals surface area (Å²) in [7, 11) is 0. The molecule has 0 aliphatic carbocycles. The van der Waals surface area contributed by atoms with E-state index in [-0.39, 0.29) is 24.6 Å². The summed E-state index contributed by atoms with van der Waals surface area (Å²) < 4.78 is 0. The van der Waals surface area contributed by atoms with Crippen LogP contribution in [0.15, 0.2) is 24.3 Å². The van der Waals surface area contributed by atoms with Gasteiger partial charge in [0.2, 0.25) is 29.5 Å². The molecule has 3 rings (SSSR count). The van der Waals surface area contributed by atoms with Crippen molar-refractivity contribution in [2.75, 3.05) is 13.1 Å². The maximum absolute atomic E-state index is 13.2. The number of aromatic hydroxyl groups is 1. The molecule has 0 bridgehead atoms. The Balaban J connectivity index is 1.90. The molecule has 11 heteroatoms. The molecule has 2 heterocycles. The van der Waals surface area contributed by atoms with Crippen LogP contribution >= 0.6 is 0 Å². The molecule has 0 saturated carbocycles. The van der Waals surface area contributed by atoms with Gasteiger partial charge >= 0.3 is 0 Å². The monoisotopic (exact) mass is 487 g/mol. The lowest BCUT2D eigenvalue weighted by Crippen LogP contribution is -2.58. The van der Waals surface area contributed by atoms with Gasteiger partial charge in [-0.3, -0.25) is 24.0 Å². The summed E-state index contributed by atoms with van der Waals surface area (Å²) in [6.45, 7) is 5.11. The lowest BCUT2D eigenvalue weighted by Gasteiger charge is -2.28. The zero-order valence-corrected chi connectivity index (χ0v) is 20.2. The predicted molar refractivity (Wildman–Crippen MR) is 126 cm³/mol. The molecule has 5 amide bonds. The van der Waals surface area contributed by atoms with E-state index >= 15 is 0 Å². The maximum Gasteiger partial charge on any atom is 0.243 e. The molecule has 5 N–H and O–H groups in total. The molecular weight excluding hydrogens is 454 g/mol. The minimum Gasteiger partial charge on any atom is -0.508 e. The number of nitrogens with one attached hydrogen (secondary N) is 4. The number of fused-ring (bicyclic) bond motifs is 1. The molecule has 0 unspecified atom stereocenters. The molecule has 0 radical (unpaired) electrons. The summed E-state index contributed by atoms with van der Waals surface area (Å²) in [5.74, 6) is -2.78. The minimum atomic E-state index is -1.05. The lowest BCUT2D eigenvalue weighted by molar-refractivity contribution is -0.140. The summed E-state index contributed by atoms with van der Waals surface area (Å²) >= 11 is 0. The fourth-order valence-electron chi connectivity index (χ4n) is 4.26. The first-order valence-corrected chi connectivity index (χ1v) is 11.8. The first kappa shape index (κ1) is 26.0. The van der Waals surface area contributed by atoms with Gasteiger partial charge in [0, 0.05) is 13.0 Å². The van der Waals surface area contributed by atoms with E-state index in [9.17, 15) is 29.1 Å². The molecule has 2 saturated heterocycles. The predicted octanol–water partition coefficient (Wildman–Crippen LogP) is -0.814. The summed E-state index contributed by atoms with van der Waals surface area (Å²) in [5, 5.41) is 20.1. The van der Waals surface area contributed by atoms with Gasteiger partial charge in [-0.15, -0.1) is 0 Å². The second-order valence-corrected chi connectivity index (χ2v) is 9.36. The number of rotatable bonds is 3. The Morgan fingerprint density at radius 1 is 0.943 bits per heavy atom. The number of carbonyl (C=O) groups is 5. The van der Waals surface area contributed by atoms with Crippen LogP contribution in [-0.4, -0.2) is 76.8 Å². The number of hydrogen-bond acceptors (Lipinski definition) is 6. The molecule has 0 spiro atoms. The molecule has 35 heavy (non-hydrogen) atoms. The molecule has 2 aliphatic heterocycles. The van der Waals surface area contributed by atoms with Crippen LogP contribution in [0.2, 0.25) is 0 Å². The zero-order valence-electron chi connectivity index (χ0n) is 20.2. The Labute approximate surface area is 204 Å². The summed E-state index contributed by atoms with van der Waals surface area (Å²) in [4.78, 5) is 66.0. The smallest absolute Gasteiger partial charge is 0.243 e. The van der Waals surface area contributed by atoms with Crippen molar-refractivity contribution in [2.24, 2.45) is 5.92 Å². The highest BCUT2D eigenvalue weighted by atomic mass is 16.3. The Morgan fingerprint density at radius 3 is 2.29 bits per heavy atom. The number of phenols is 1. The van der Waals surface area contributed by atoms with Gasteiger partial charge in [-0.05, 0) is 43.4 Å². The third-order valence-electron chi connectivity index (χ3n) is 6.30. The zero-order chi connectivity index (χ0) is 25.7. The molecule has 190 valence electrons. The van der Waals surface area contributed by atoms with E-state index < -0.39 is 53.7 Å². The highest BCUT2D eigenvalue weighted by Gasteiger charge is 2.37. The Kier molecular flexibility index (Phi) is 8.31. The van der Waals surface area contributed by atoms with Crippen LogP contribution in [0.3, 0.4) is 0 Å². The molecule has 4 atom stereocenters. The van der Waals surface area contributed by atoms with Crippen LogP contribution in [0, 0.1) is 5.92 Å². The second-order valence-electron chi connectivity index (χ2n) is 9.36. The van der Waals surface area contributed by atoms with Crippen molar-refractivity contribution in [1.82, 2.24) is 26.2 Å². The maximum atomic E-state index is 13.2. The normalized spacial score (nSPS) is 26.7. The van der Waals surface area contributed by atoms with Gasteiger partial charge in [0.05, 0.1) is 6.54 Å². The van der Waals surface area contributed by atoms with E-state index in [1.54, 1.807) is 26.0 Å². The first-order chi connectivity index (χ1) is 16.6. The van der Waals surface area contributed by atoms with Gasteiger partial charge < -0.3 is 31.3 Å². The second kappa shape index (κ2) is 11.2. The summed E-state index contributed by atoms with van der Waals surface area (Å²) in [5.41, 5.74) is 0.676. The van der Waals surface area contributed by atoms with Gasteiger partial charge in [-0.2, -0.15) is 0 Å². The first-order valence-electron chi connectivity index (χ1n) is 11.8. The van der Waals surface area contributed by atoms with E-state index in [0.717, 1.165) is 0 Å². The molecule has 0 aromatic heterocycles. The lowest BCUT2D eigenvalue weighted by atomic mass is 10.00. The fraction of sp³-hybridized carbons (Fsp3) is 0.542. The van der Waals surface area contributed by atoms with Crippen LogP contribution in [0.5, 0.6) is 5.75 Å². The Hall–Kier alpha value is -3.63. The summed E-state index contributed by atoms with van der Waals surface area (Å²) in [6, 6.07) is 2.52. The number of benzene rings is 1. The molecule has 2 aliphatic rings. The van der Waals surface area contributed by atoms with Crippen molar-refractivity contribution < 1.29 is 29.1 Å². The van der Waals surface area contributed by atoms with Crippen LogP contribution < -0.4 is 21.3 Å². The number of carbonyl (C=O) groups excluding carboxylic acids is 5. The van der Waals surface area contributed by atoms with E-state index in [4.69, 9.17) is 0 Å².